The van der Waals surface area contributed by atoms with Crippen LogP contribution in [0.1, 0.15) is 97.9 Å². The molecule has 10 heteroatoms. The fourth-order valence-electron chi connectivity index (χ4n) is 10.8. The SMILES string of the molecule is CC(C)(O)C(O)Cc1ccc2c3c([nH]c2c1)C1(C)C(CCC2(O)C45OC4C4OC(C(O)C(C)(C)O)OC(C)(C)C4OC5CCC12C)C3. The van der Waals surface area contributed by atoms with Gasteiger partial charge in [-0.1, -0.05) is 26.0 Å². The molecule has 10 nitrogen and oxygen atoms in total. The predicted octanol–water partition coefficient (Wildman–Crippen LogP) is 3.15. The molecule has 47 heavy (non-hydrogen) atoms. The Morgan fingerprint density at radius 3 is 2.34 bits per heavy atom. The number of rotatable bonds is 5. The molecule has 4 heterocycles. The van der Waals surface area contributed by atoms with Crippen LogP contribution in [-0.4, -0.2) is 101 Å². The van der Waals surface area contributed by atoms with Crippen LogP contribution in [0.3, 0.4) is 0 Å². The third-order valence-electron chi connectivity index (χ3n) is 13.9. The molecule has 1 spiro atoms. The van der Waals surface area contributed by atoms with Crippen molar-refractivity contribution < 1.29 is 44.5 Å². The van der Waals surface area contributed by atoms with Crippen LogP contribution < -0.4 is 0 Å². The van der Waals surface area contributed by atoms with Gasteiger partial charge >= 0.3 is 0 Å². The van der Waals surface area contributed by atoms with Gasteiger partial charge in [-0.05, 0) is 96.8 Å². The van der Waals surface area contributed by atoms with Gasteiger partial charge in [0, 0.05) is 33.8 Å². The highest BCUT2D eigenvalue weighted by molar-refractivity contribution is 5.87. The van der Waals surface area contributed by atoms with E-state index in [1.165, 1.54) is 30.5 Å². The first kappa shape index (κ1) is 32.6. The molecule has 0 amide bonds. The lowest BCUT2D eigenvalue weighted by Crippen LogP contribution is -2.78. The maximum Gasteiger partial charge on any atom is 0.187 e. The fourth-order valence-corrected chi connectivity index (χ4v) is 10.8. The monoisotopic (exact) mass is 655 g/mol. The summed E-state index contributed by atoms with van der Waals surface area (Å²) in [6, 6.07) is 6.28. The Hall–Kier alpha value is -1.60. The molecule has 1 aromatic carbocycles. The minimum absolute atomic E-state index is 0.331. The largest absolute Gasteiger partial charge is 0.390 e. The van der Waals surface area contributed by atoms with Gasteiger partial charge in [-0.25, -0.2) is 0 Å². The molecule has 1 aromatic heterocycles. The number of fused-ring (bicyclic) bond motifs is 9. The lowest BCUT2D eigenvalue weighted by molar-refractivity contribution is -0.375. The van der Waals surface area contributed by atoms with Crippen LogP contribution in [0.15, 0.2) is 18.2 Å². The maximum atomic E-state index is 13.3. The summed E-state index contributed by atoms with van der Waals surface area (Å²) in [7, 11) is 0. The summed E-state index contributed by atoms with van der Waals surface area (Å²) in [5, 5.41) is 56.9. The van der Waals surface area contributed by atoms with E-state index in [1.807, 2.05) is 19.9 Å². The molecule has 5 fully saturated rings. The number of aromatic amines is 1. The summed E-state index contributed by atoms with van der Waals surface area (Å²) < 4.78 is 26.2. The summed E-state index contributed by atoms with van der Waals surface area (Å²) >= 11 is 0. The molecule has 8 rings (SSSR count). The van der Waals surface area contributed by atoms with Gasteiger partial charge in [-0.2, -0.15) is 0 Å². The average Bonchev–Trinajstić information content (AvgIpc) is 3.55. The first-order chi connectivity index (χ1) is 21.7. The Morgan fingerprint density at radius 1 is 0.936 bits per heavy atom. The van der Waals surface area contributed by atoms with Crippen LogP contribution in [0.25, 0.3) is 10.9 Å². The normalized spacial score (nSPS) is 44.8. The van der Waals surface area contributed by atoms with Crippen molar-refractivity contribution in [3.63, 3.8) is 0 Å². The van der Waals surface area contributed by atoms with Crippen molar-refractivity contribution in [1.29, 1.82) is 0 Å². The summed E-state index contributed by atoms with van der Waals surface area (Å²) in [5.41, 5.74) is -2.10. The molecule has 6 aliphatic rings. The third-order valence-corrected chi connectivity index (χ3v) is 13.9. The number of nitrogens with one attached hydrogen (secondary N) is 1. The first-order valence-electron chi connectivity index (χ1n) is 17.5. The zero-order chi connectivity index (χ0) is 33.9. The van der Waals surface area contributed by atoms with E-state index in [2.05, 4.69) is 31.0 Å². The lowest BCUT2D eigenvalue weighted by atomic mass is 9.40. The van der Waals surface area contributed by atoms with Crippen LogP contribution in [0.2, 0.25) is 0 Å². The topological polar surface area (TPSA) is 157 Å². The minimum Gasteiger partial charge on any atom is -0.390 e. The van der Waals surface area contributed by atoms with Crippen molar-refractivity contribution >= 4 is 10.9 Å². The van der Waals surface area contributed by atoms with E-state index in [0.717, 1.165) is 36.8 Å². The van der Waals surface area contributed by atoms with Crippen LogP contribution in [0.5, 0.6) is 0 Å². The van der Waals surface area contributed by atoms with Crippen molar-refractivity contribution in [2.24, 2.45) is 11.3 Å². The summed E-state index contributed by atoms with van der Waals surface area (Å²) in [5.74, 6) is 0.349. The second kappa shape index (κ2) is 9.59. The molecule has 12 atom stereocenters. The van der Waals surface area contributed by atoms with Crippen molar-refractivity contribution in [3.8, 4) is 0 Å². The van der Waals surface area contributed by atoms with Crippen LogP contribution in [-0.2, 0) is 37.2 Å². The number of epoxide rings is 1. The van der Waals surface area contributed by atoms with E-state index in [0.29, 0.717) is 18.8 Å². The molecule has 0 radical (unpaired) electrons. The van der Waals surface area contributed by atoms with E-state index in [1.54, 1.807) is 13.8 Å². The lowest BCUT2D eigenvalue weighted by Gasteiger charge is -2.66. The summed E-state index contributed by atoms with van der Waals surface area (Å²) in [4.78, 5) is 3.81. The van der Waals surface area contributed by atoms with E-state index in [4.69, 9.17) is 18.9 Å². The van der Waals surface area contributed by atoms with Gasteiger partial charge < -0.3 is 49.5 Å². The molecular formula is C37H53NO9. The molecule has 2 saturated carbocycles. The summed E-state index contributed by atoms with van der Waals surface area (Å²) in [6.45, 7) is 14.7. The second-order valence-electron chi connectivity index (χ2n) is 17.8. The second-order valence-corrected chi connectivity index (χ2v) is 17.8. The first-order valence-corrected chi connectivity index (χ1v) is 17.5. The van der Waals surface area contributed by atoms with Gasteiger partial charge in [0.05, 0.1) is 29.0 Å². The van der Waals surface area contributed by atoms with Crippen LogP contribution in [0, 0.1) is 11.3 Å². The number of aromatic nitrogens is 1. The van der Waals surface area contributed by atoms with Crippen LogP contribution in [0.4, 0.5) is 0 Å². The van der Waals surface area contributed by atoms with Crippen LogP contribution >= 0.6 is 0 Å². The van der Waals surface area contributed by atoms with E-state index in [9.17, 15) is 25.5 Å². The number of ether oxygens (including phenoxy) is 4. The van der Waals surface area contributed by atoms with Gasteiger partial charge in [-0.3, -0.25) is 0 Å². The third kappa shape index (κ3) is 4.05. The van der Waals surface area contributed by atoms with Gasteiger partial charge in [-0.15, -0.1) is 0 Å². The highest BCUT2D eigenvalue weighted by Crippen LogP contribution is 2.75. The van der Waals surface area contributed by atoms with Gasteiger partial charge in [0.15, 0.2) is 11.9 Å². The Labute approximate surface area is 276 Å². The zero-order valence-corrected chi connectivity index (χ0v) is 29.0. The van der Waals surface area contributed by atoms with E-state index < -0.39 is 70.2 Å². The standard InChI is InChI=1S/C37H53NO9/c1-31(2,41)23(39)16-18-9-10-20-21-17-19-11-14-36(43)34(7,35(19,8)26(21)38-22(20)15-18)13-12-24-37(36)29(46-37)25-28(44-24)33(5,6)47-30(45-25)27(40)32(3,4)42/h9-10,15,19,23-25,27-30,38-43H,11-14,16-17H2,1-8H3. The molecule has 2 aromatic rings. The molecular weight excluding hydrogens is 602 g/mol. The van der Waals surface area contributed by atoms with Crippen molar-refractivity contribution in [1.82, 2.24) is 4.98 Å². The zero-order valence-electron chi connectivity index (χ0n) is 29.0. The average molecular weight is 656 g/mol. The maximum absolute atomic E-state index is 13.3. The van der Waals surface area contributed by atoms with Crippen molar-refractivity contribution in [2.75, 3.05) is 0 Å². The Bertz CT molecular complexity index is 1610. The smallest absolute Gasteiger partial charge is 0.187 e. The Morgan fingerprint density at radius 2 is 1.66 bits per heavy atom. The molecule has 12 unspecified atom stereocenters. The number of benzene rings is 1. The number of hydrogen-bond acceptors (Lipinski definition) is 9. The molecule has 260 valence electrons. The fraction of sp³-hybridized carbons (Fsp3) is 0.784. The molecule has 0 bridgehead atoms. The Balaban J connectivity index is 1.15. The highest BCUT2D eigenvalue weighted by Gasteiger charge is 2.87. The predicted molar refractivity (Wildman–Crippen MR) is 173 cm³/mol. The number of aliphatic hydroxyl groups excluding tert-OH is 2. The number of hydrogen-bond donors (Lipinski definition) is 6. The van der Waals surface area contributed by atoms with E-state index >= 15 is 0 Å². The number of aliphatic hydroxyl groups is 5. The Kier molecular flexibility index (Phi) is 6.65. The summed E-state index contributed by atoms with van der Waals surface area (Å²) in [6.07, 6.45) is -0.875. The van der Waals surface area contributed by atoms with Crippen molar-refractivity contribution in [2.45, 2.75) is 170 Å². The van der Waals surface area contributed by atoms with Gasteiger partial charge in [0.1, 0.15) is 30.0 Å². The molecule has 3 aliphatic carbocycles. The molecule has 3 aliphatic heterocycles. The highest BCUT2D eigenvalue weighted by atomic mass is 16.8. The quantitative estimate of drug-likeness (QED) is 0.267. The van der Waals surface area contributed by atoms with Gasteiger partial charge in [0.2, 0.25) is 0 Å². The molecule has 6 N–H and O–H groups in total. The molecule has 3 saturated heterocycles. The number of H-pyrrole nitrogens is 1. The van der Waals surface area contributed by atoms with E-state index in [-0.39, 0.29) is 11.5 Å². The minimum atomic E-state index is -1.45. The van der Waals surface area contributed by atoms with Gasteiger partial charge in [0.25, 0.3) is 0 Å². The van der Waals surface area contributed by atoms with Crippen molar-refractivity contribution in [3.05, 3.63) is 35.0 Å².